The van der Waals surface area contributed by atoms with Gasteiger partial charge in [-0.1, -0.05) is 18.2 Å². The first-order valence-electron chi connectivity index (χ1n) is 13.9. The summed E-state index contributed by atoms with van der Waals surface area (Å²) in [6.45, 7) is 3.34. The number of phenolic OH excluding ortho intramolecular Hbond substituents is 1. The number of methoxy groups -OCH3 is 1. The SMILES string of the molecule is COc1ccc(C(=O)CCCCC(=O)N(Cc2ccccn2)[C@@H](Cc2ccc(O)cc2)CN2CCCC2)cc1. The number of rotatable bonds is 14. The van der Waals surface area contributed by atoms with E-state index in [0.29, 0.717) is 44.2 Å². The second-order valence-corrected chi connectivity index (χ2v) is 10.2. The molecule has 4 rings (SSSR count). The van der Waals surface area contributed by atoms with Crippen LogP contribution in [0.5, 0.6) is 11.5 Å². The minimum absolute atomic E-state index is 0.0249. The van der Waals surface area contributed by atoms with Crippen LogP contribution in [0.1, 0.15) is 60.1 Å². The Morgan fingerprint density at radius 2 is 1.69 bits per heavy atom. The van der Waals surface area contributed by atoms with Crippen LogP contribution < -0.4 is 4.74 Å². The summed E-state index contributed by atoms with van der Waals surface area (Å²) in [5, 5.41) is 9.76. The van der Waals surface area contributed by atoms with Crippen molar-refractivity contribution in [1.82, 2.24) is 14.8 Å². The average molecular weight is 530 g/mol. The third kappa shape index (κ3) is 8.65. The molecule has 1 aliphatic heterocycles. The number of nitrogens with zero attached hydrogens (tertiary/aromatic N) is 3. The maximum Gasteiger partial charge on any atom is 0.223 e. The second kappa shape index (κ2) is 14.4. The van der Waals surface area contributed by atoms with E-state index in [4.69, 9.17) is 4.74 Å². The van der Waals surface area contributed by atoms with E-state index >= 15 is 0 Å². The third-order valence-corrected chi connectivity index (χ3v) is 7.35. The molecule has 1 saturated heterocycles. The normalized spacial score (nSPS) is 14.2. The molecule has 0 bridgehead atoms. The highest BCUT2D eigenvalue weighted by Gasteiger charge is 2.27. The number of unbranched alkanes of at least 4 members (excludes halogenated alkanes) is 1. The van der Waals surface area contributed by atoms with Crippen LogP contribution in [0.15, 0.2) is 72.9 Å². The molecule has 1 fully saturated rings. The fourth-order valence-corrected chi connectivity index (χ4v) is 5.15. The predicted molar refractivity (Wildman–Crippen MR) is 152 cm³/mol. The van der Waals surface area contributed by atoms with Crippen LogP contribution in [-0.2, 0) is 17.8 Å². The van der Waals surface area contributed by atoms with Crippen LogP contribution in [-0.4, -0.2) is 64.4 Å². The summed E-state index contributed by atoms with van der Waals surface area (Å²) in [5.74, 6) is 1.12. The molecular formula is C32H39N3O4. The highest BCUT2D eigenvalue weighted by atomic mass is 16.5. The summed E-state index contributed by atoms with van der Waals surface area (Å²) in [6.07, 6.45) is 6.92. The number of hydrogen-bond donors (Lipinski definition) is 1. The standard InChI is InChI=1S/C32H39N3O4/c1-39-30-17-13-26(14-18-30)31(37)9-2-3-10-32(38)35(23-27-8-4-5-19-33-27)28(24-34-20-6-7-21-34)22-25-11-15-29(36)16-12-25/h4-5,8,11-19,28,36H,2-3,6-7,9-10,20-24H2,1H3/t28-/m0/s1. The number of aromatic hydroxyl groups is 1. The van der Waals surface area contributed by atoms with E-state index in [1.807, 2.05) is 35.2 Å². The Labute approximate surface area is 231 Å². The smallest absolute Gasteiger partial charge is 0.223 e. The van der Waals surface area contributed by atoms with Gasteiger partial charge in [-0.25, -0.2) is 0 Å². The molecule has 7 heteroatoms. The largest absolute Gasteiger partial charge is 0.508 e. The Balaban J connectivity index is 1.43. The lowest BCUT2D eigenvalue weighted by Gasteiger charge is -2.35. The molecule has 1 atom stereocenters. The van der Waals surface area contributed by atoms with Gasteiger partial charge in [-0.2, -0.15) is 0 Å². The van der Waals surface area contributed by atoms with E-state index in [-0.39, 0.29) is 23.5 Å². The fourth-order valence-electron chi connectivity index (χ4n) is 5.15. The van der Waals surface area contributed by atoms with Gasteiger partial charge in [0.05, 0.1) is 19.3 Å². The van der Waals surface area contributed by atoms with E-state index in [0.717, 1.165) is 36.6 Å². The maximum absolute atomic E-state index is 13.7. The number of likely N-dealkylation sites (tertiary alicyclic amines) is 1. The number of Topliss-reactive ketones (excluding diaryl/α,β-unsaturated/α-hetero) is 1. The first-order valence-corrected chi connectivity index (χ1v) is 13.9. The van der Waals surface area contributed by atoms with Crippen molar-refractivity contribution in [1.29, 1.82) is 0 Å². The Hall–Kier alpha value is -3.71. The van der Waals surface area contributed by atoms with Crippen molar-refractivity contribution in [2.45, 2.75) is 57.5 Å². The number of phenols is 1. The molecule has 1 N–H and O–H groups in total. The Morgan fingerprint density at radius 1 is 0.974 bits per heavy atom. The average Bonchev–Trinajstić information content (AvgIpc) is 3.48. The molecule has 1 aromatic heterocycles. The number of pyridine rings is 1. The predicted octanol–water partition coefficient (Wildman–Crippen LogP) is 5.27. The zero-order valence-corrected chi connectivity index (χ0v) is 22.8. The molecule has 0 radical (unpaired) electrons. The van der Waals surface area contributed by atoms with Gasteiger partial charge in [0.2, 0.25) is 5.91 Å². The number of amides is 1. The topological polar surface area (TPSA) is 83.0 Å². The van der Waals surface area contributed by atoms with E-state index in [9.17, 15) is 14.7 Å². The molecular weight excluding hydrogens is 490 g/mol. The summed E-state index contributed by atoms with van der Waals surface area (Å²) in [5.41, 5.74) is 2.61. The number of ketones is 1. The minimum atomic E-state index is -0.0249. The molecule has 0 spiro atoms. The van der Waals surface area contributed by atoms with Crippen molar-refractivity contribution >= 4 is 11.7 Å². The maximum atomic E-state index is 13.7. The van der Waals surface area contributed by atoms with Crippen molar-refractivity contribution in [3.05, 3.63) is 89.7 Å². The van der Waals surface area contributed by atoms with Crippen molar-refractivity contribution in [3.8, 4) is 11.5 Å². The highest BCUT2D eigenvalue weighted by molar-refractivity contribution is 5.96. The lowest BCUT2D eigenvalue weighted by molar-refractivity contribution is -0.134. The van der Waals surface area contributed by atoms with Gasteiger partial charge in [0, 0.05) is 37.2 Å². The zero-order chi connectivity index (χ0) is 27.5. The van der Waals surface area contributed by atoms with Crippen molar-refractivity contribution in [3.63, 3.8) is 0 Å². The number of benzene rings is 2. The fraction of sp³-hybridized carbons (Fsp3) is 0.406. The van der Waals surface area contributed by atoms with E-state index in [2.05, 4.69) is 9.88 Å². The molecule has 206 valence electrons. The van der Waals surface area contributed by atoms with Crippen LogP contribution in [0.25, 0.3) is 0 Å². The number of carbonyl (C=O) groups is 2. The number of aromatic nitrogens is 1. The number of hydrogen-bond acceptors (Lipinski definition) is 6. The Morgan fingerprint density at radius 3 is 2.36 bits per heavy atom. The quantitative estimate of drug-likeness (QED) is 0.226. The molecule has 3 aromatic rings. The third-order valence-electron chi connectivity index (χ3n) is 7.35. The minimum Gasteiger partial charge on any atom is -0.508 e. The van der Waals surface area contributed by atoms with Crippen LogP contribution >= 0.6 is 0 Å². The second-order valence-electron chi connectivity index (χ2n) is 10.2. The van der Waals surface area contributed by atoms with Crippen LogP contribution in [0.2, 0.25) is 0 Å². The molecule has 7 nitrogen and oxygen atoms in total. The summed E-state index contributed by atoms with van der Waals surface area (Å²) >= 11 is 0. The van der Waals surface area contributed by atoms with Crippen molar-refractivity contribution in [2.75, 3.05) is 26.7 Å². The van der Waals surface area contributed by atoms with Gasteiger partial charge in [-0.15, -0.1) is 0 Å². The van der Waals surface area contributed by atoms with Gasteiger partial charge < -0.3 is 19.6 Å². The van der Waals surface area contributed by atoms with Crippen molar-refractivity contribution in [2.24, 2.45) is 0 Å². The van der Waals surface area contributed by atoms with Crippen molar-refractivity contribution < 1.29 is 19.4 Å². The molecule has 0 saturated carbocycles. The number of ether oxygens (including phenoxy) is 1. The molecule has 2 aromatic carbocycles. The summed E-state index contributed by atoms with van der Waals surface area (Å²) in [4.78, 5) is 35.3. The first kappa shape index (κ1) is 28.3. The highest BCUT2D eigenvalue weighted by Crippen LogP contribution is 2.21. The van der Waals surface area contributed by atoms with Crippen LogP contribution in [0, 0.1) is 0 Å². The summed E-state index contributed by atoms with van der Waals surface area (Å²) in [7, 11) is 1.60. The molecule has 0 aliphatic carbocycles. The molecule has 0 unspecified atom stereocenters. The van der Waals surface area contributed by atoms with Gasteiger partial charge in [0.25, 0.3) is 0 Å². The lowest BCUT2D eigenvalue weighted by Crippen LogP contribution is -2.47. The van der Waals surface area contributed by atoms with Gasteiger partial charge in [-0.3, -0.25) is 14.6 Å². The molecule has 39 heavy (non-hydrogen) atoms. The van der Waals surface area contributed by atoms with Crippen LogP contribution in [0.3, 0.4) is 0 Å². The van der Waals surface area contributed by atoms with E-state index in [1.165, 1.54) is 12.8 Å². The summed E-state index contributed by atoms with van der Waals surface area (Å²) in [6, 6.07) is 20.2. The van der Waals surface area contributed by atoms with E-state index in [1.54, 1.807) is 49.7 Å². The van der Waals surface area contributed by atoms with E-state index < -0.39 is 0 Å². The molecule has 2 heterocycles. The van der Waals surface area contributed by atoms with Gasteiger partial charge in [0.15, 0.2) is 5.78 Å². The number of carbonyl (C=O) groups excluding carboxylic acids is 2. The Bertz CT molecular complexity index is 1180. The zero-order valence-electron chi connectivity index (χ0n) is 22.8. The van der Waals surface area contributed by atoms with Gasteiger partial charge in [-0.05, 0) is 99.3 Å². The van der Waals surface area contributed by atoms with Gasteiger partial charge in [0.1, 0.15) is 11.5 Å². The monoisotopic (exact) mass is 529 g/mol. The Kier molecular flexibility index (Phi) is 10.5. The van der Waals surface area contributed by atoms with Gasteiger partial charge >= 0.3 is 0 Å². The first-order chi connectivity index (χ1) is 19.0. The molecule has 1 amide bonds. The lowest BCUT2D eigenvalue weighted by atomic mass is 10.0. The van der Waals surface area contributed by atoms with Crippen LogP contribution in [0.4, 0.5) is 0 Å². The molecule has 1 aliphatic rings. The summed E-state index contributed by atoms with van der Waals surface area (Å²) < 4.78 is 5.17.